The fraction of sp³-hybridized carbons (Fsp3) is 0.400. The number of nitrogens with zero attached hydrogens (tertiary/aromatic N) is 3. The van der Waals surface area contributed by atoms with E-state index in [4.69, 9.17) is 0 Å². The molecule has 2 heterocycles. The van der Waals surface area contributed by atoms with Crippen molar-refractivity contribution in [3.05, 3.63) is 30.1 Å². The number of fused-ring (bicyclic) bond motifs is 1. The Hall–Kier alpha value is -2.17. The summed E-state index contributed by atoms with van der Waals surface area (Å²) in [6, 6.07) is 5.98. The second-order valence-corrected chi connectivity index (χ2v) is 5.13. The van der Waals surface area contributed by atoms with E-state index in [9.17, 15) is 4.79 Å². The van der Waals surface area contributed by atoms with Crippen molar-refractivity contribution < 1.29 is 4.79 Å². The lowest BCUT2D eigenvalue weighted by Crippen LogP contribution is -2.55. The Kier molecular flexibility index (Phi) is 3.26. The van der Waals surface area contributed by atoms with Crippen molar-refractivity contribution in [3.63, 3.8) is 0 Å². The van der Waals surface area contributed by atoms with Crippen molar-refractivity contribution in [2.75, 3.05) is 18.0 Å². The first-order valence-corrected chi connectivity index (χ1v) is 6.96. The van der Waals surface area contributed by atoms with Gasteiger partial charge in [0, 0.05) is 18.5 Å². The zero-order valence-electron chi connectivity index (χ0n) is 11.8. The van der Waals surface area contributed by atoms with Gasteiger partial charge in [0.05, 0.1) is 5.52 Å². The molecule has 1 fully saturated rings. The topological polar surface area (TPSA) is 58.1 Å². The Morgan fingerprint density at radius 3 is 3.05 bits per heavy atom. The summed E-state index contributed by atoms with van der Waals surface area (Å²) in [5.74, 6) is 0.943. The second-order valence-electron chi connectivity index (χ2n) is 5.13. The minimum absolute atomic E-state index is 0.0816. The van der Waals surface area contributed by atoms with Crippen LogP contribution in [0.1, 0.15) is 18.9 Å². The molecule has 1 aliphatic rings. The fourth-order valence-electron chi connectivity index (χ4n) is 2.76. The maximum Gasteiger partial charge on any atom is 0.242 e. The molecule has 104 valence electrons. The zero-order chi connectivity index (χ0) is 14.1. The van der Waals surface area contributed by atoms with E-state index in [-0.39, 0.29) is 11.9 Å². The molecule has 1 N–H and O–H groups in total. The number of aryl methyl sites for hydroxylation is 1. The van der Waals surface area contributed by atoms with Crippen molar-refractivity contribution in [2.45, 2.75) is 26.3 Å². The molecule has 0 radical (unpaired) electrons. The second kappa shape index (κ2) is 5.07. The predicted octanol–water partition coefficient (Wildman–Crippen LogP) is 1.65. The van der Waals surface area contributed by atoms with Crippen LogP contribution in [0.2, 0.25) is 0 Å². The van der Waals surface area contributed by atoms with Gasteiger partial charge in [-0.05, 0) is 25.5 Å². The number of hydrogen-bond acceptors (Lipinski definition) is 4. The largest absolute Gasteiger partial charge is 0.353 e. The maximum absolute atomic E-state index is 12.0. The number of carbonyl (C=O) groups is 1. The average molecular weight is 270 g/mol. The minimum Gasteiger partial charge on any atom is -0.353 e. The van der Waals surface area contributed by atoms with Crippen molar-refractivity contribution in [2.24, 2.45) is 0 Å². The summed E-state index contributed by atoms with van der Waals surface area (Å²) in [7, 11) is 0. The highest BCUT2D eigenvalue weighted by Gasteiger charge is 2.29. The zero-order valence-corrected chi connectivity index (χ0v) is 11.8. The number of amides is 1. The van der Waals surface area contributed by atoms with E-state index in [1.807, 2.05) is 19.1 Å². The summed E-state index contributed by atoms with van der Waals surface area (Å²) in [6.45, 7) is 5.52. The third-order valence-electron chi connectivity index (χ3n) is 3.76. The maximum atomic E-state index is 12.0. The average Bonchev–Trinajstić information content (AvgIpc) is 2.46. The summed E-state index contributed by atoms with van der Waals surface area (Å²) >= 11 is 0. The van der Waals surface area contributed by atoms with Crippen LogP contribution in [-0.4, -0.2) is 35.0 Å². The van der Waals surface area contributed by atoms with Gasteiger partial charge in [0.15, 0.2) is 0 Å². The monoisotopic (exact) mass is 270 g/mol. The first-order valence-electron chi connectivity index (χ1n) is 6.96. The minimum atomic E-state index is -0.151. The molecule has 0 saturated carbocycles. The van der Waals surface area contributed by atoms with Crippen LogP contribution >= 0.6 is 0 Å². The van der Waals surface area contributed by atoms with E-state index in [0.717, 1.165) is 29.7 Å². The number of anilines is 1. The van der Waals surface area contributed by atoms with E-state index >= 15 is 0 Å². The van der Waals surface area contributed by atoms with Crippen molar-refractivity contribution >= 4 is 22.6 Å². The number of carbonyl (C=O) groups excluding carboxylic acids is 1. The van der Waals surface area contributed by atoms with E-state index < -0.39 is 0 Å². The number of nitrogens with one attached hydrogen (secondary N) is 1. The fourth-order valence-corrected chi connectivity index (χ4v) is 2.76. The first-order chi connectivity index (χ1) is 9.70. The van der Waals surface area contributed by atoms with E-state index in [2.05, 4.69) is 33.2 Å². The molecule has 5 heteroatoms. The molecule has 1 amide bonds. The van der Waals surface area contributed by atoms with Crippen molar-refractivity contribution in [1.82, 2.24) is 15.3 Å². The van der Waals surface area contributed by atoms with Gasteiger partial charge < -0.3 is 10.2 Å². The van der Waals surface area contributed by atoms with E-state index in [0.29, 0.717) is 6.54 Å². The highest BCUT2D eigenvalue weighted by molar-refractivity contribution is 5.93. The Morgan fingerprint density at radius 1 is 1.40 bits per heavy atom. The summed E-state index contributed by atoms with van der Waals surface area (Å²) in [6.07, 6.45) is 2.34. The third kappa shape index (κ3) is 2.09. The summed E-state index contributed by atoms with van der Waals surface area (Å²) in [5.41, 5.74) is 2.09. The molecular formula is C15H18N4O. The lowest BCUT2D eigenvalue weighted by Gasteiger charge is -2.35. The highest BCUT2D eigenvalue weighted by Crippen LogP contribution is 2.26. The molecule has 1 unspecified atom stereocenters. The summed E-state index contributed by atoms with van der Waals surface area (Å²) in [5, 5.41) is 3.93. The highest BCUT2D eigenvalue weighted by atomic mass is 16.2. The molecule has 1 saturated heterocycles. The van der Waals surface area contributed by atoms with Gasteiger partial charge in [0.1, 0.15) is 18.2 Å². The lowest BCUT2D eigenvalue weighted by molar-refractivity contribution is -0.123. The van der Waals surface area contributed by atoms with Crippen LogP contribution in [0, 0.1) is 6.92 Å². The lowest BCUT2D eigenvalue weighted by atomic mass is 10.1. The molecule has 1 atom stereocenters. The Morgan fingerprint density at radius 2 is 2.25 bits per heavy atom. The van der Waals surface area contributed by atoms with Crippen LogP contribution in [0.5, 0.6) is 0 Å². The number of benzene rings is 1. The van der Waals surface area contributed by atoms with Crippen LogP contribution in [-0.2, 0) is 4.79 Å². The van der Waals surface area contributed by atoms with Gasteiger partial charge in [-0.2, -0.15) is 0 Å². The molecule has 0 bridgehead atoms. The third-order valence-corrected chi connectivity index (χ3v) is 3.76. The molecule has 5 nitrogen and oxygen atoms in total. The molecule has 2 aromatic rings. The molecule has 0 aliphatic carbocycles. The smallest absolute Gasteiger partial charge is 0.242 e. The first kappa shape index (κ1) is 12.8. The van der Waals surface area contributed by atoms with Crippen LogP contribution in [0.25, 0.3) is 10.9 Å². The molecule has 1 aromatic carbocycles. The van der Waals surface area contributed by atoms with Crippen LogP contribution in [0.3, 0.4) is 0 Å². The van der Waals surface area contributed by atoms with Gasteiger partial charge in [0.2, 0.25) is 5.91 Å². The van der Waals surface area contributed by atoms with Crippen LogP contribution in [0.15, 0.2) is 24.5 Å². The predicted molar refractivity (Wildman–Crippen MR) is 78.7 cm³/mol. The molecule has 1 aromatic heterocycles. The van der Waals surface area contributed by atoms with Crippen molar-refractivity contribution in [1.29, 1.82) is 0 Å². The SMILES string of the molecule is CCC1C(=O)NCCN1c1ncnc2ccc(C)cc12. The Labute approximate surface area is 118 Å². The number of piperazine rings is 1. The number of aromatic nitrogens is 2. The van der Waals surface area contributed by atoms with Gasteiger partial charge in [-0.15, -0.1) is 0 Å². The number of rotatable bonds is 2. The summed E-state index contributed by atoms with van der Waals surface area (Å²) in [4.78, 5) is 22.9. The molecule has 20 heavy (non-hydrogen) atoms. The van der Waals surface area contributed by atoms with Gasteiger partial charge >= 0.3 is 0 Å². The molecular weight excluding hydrogens is 252 g/mol. The van der Waals surface area contributed by atoms with Gasteiger partial charge in [-0.3, -0.25) is 4.79 Å². The summed E-state index contributed by atoms with van der Waals surface area (Å²) < 4.78 is 0. The molecule has 0 spiro atoms. The van der Waals surface area contributed by atoms with Crippen LogP contribution < -0.4 is 10.2 Å². The normalized spacial score (nSPS) is 19.2. The quantitative estimate of drug-likeness (QED) is 0.901. The standard InChI is InChI=1S/C15H18N4O/c1-3-13-15(20)16-6-7-19(13)14-11-8-10(2)4-5-12(11)17-9-18-14/h4-5,8-9,13H,3,6-7H2,1-2H3,(H,16,20). The number of hydrogen-bond donors (Lipinski definition) is 1. The Balaban J connectivity index is 2.13. The van der Waals surface area contributed by atoms with Crippen molar-refractivity contribution in [3.8, 4) is 0 Å². The molecule has 3 rings (SSSR count). The van der Waals surface area contributed by atoms with Gasteiger partial charge in [-0.25, -0.2) is 9.97 Å². The van der Waals surface area contributed by atoms with Gasteiger partial charge in [-0.1, -0.05) is 18.6 Å². The van der Waals surface area contributed by atoms with E-state index in [1.54, 1.807) is 6.33 Å². The van der Waals surface area contributed by atoms with Crippen LogP contribution in [0.4, 0.5) is 5.82 Å². The Bertz CT molecular complexity index is 655. The van der Waals surface area contributed by atoms with Gasteiger partial charge in [0.25, 0.3) is 0 Å². The molecule has 1 aliphatic heterocycles. The van der Waals surface area contributed by atoms with E-state index in [1.165, 1.54) is 5.56 Å².